The van der Waals surface area contributed by atoms with E-state index in [1.165, 1.54) is 68.8 Å². The van der Waals surface area contributed by atoms with Crippen molar-refractivity contribution < 1.29 is 38.2 Å². The minimum atomic E-state index is -1.63. The van der Waals surface area contributed by atoms with Crippen molar-refractivity contribution in [3.05, 3.63) is 129 Å². The fourth-order valence-corrected chi connectivity index (χ4v) is 7.22. The number of ketones is 2. The van der Waals surface area contributed by atoms with Crippen LogP contribution in [-0.4, -0.2) is 61.5 Å². The number of anilines is 4. The molecule has 0 aromatic heterocycles. The zero-order chi connectivity index (χ0) is 48.1. The van der Waals surface area contributed by atoms with Crippen molar-refractivity contribution in [2.24, 2.45) is 20.5 Å². The highest BCUT2D eigenvalue weighted by atomic mass is 35.5. The molecule has 0 saturated carbocycles. The molecule has 0 aliphatic heterocycles. The second-order valence-electron chi connectivity index (χ2n) is 14.0. The van der Waals surface area contributed by atoms with Gasteiger partial charge in [-0.3, -0.25) is 28.8 Å². The summed E-state index contributed by atoms with van der Waals surface area (Å²) in [6.07, 6.45) is 0. The number of amides is 4. The number of benzene rings is 5. The summed E-state index contributed by atoms with van der Waals surface area (Å²) < 4.78 is 10.7. The molecular weight excluding hydrogens is 958 g/mol. The average Bonchev–Trinajstić information content (AvgIpc) is 3.29. The Hall–Kier alpha value is -6.43. The molecule has 0 radical (unpaired) electrons. The Kier molecular flexibility index (Phi) is 18.1. The second-order valence-corrected chi connectivity index (χ2v) is 15.7. The molecule has 0 aliphatic carbocycles. The maximum atomic E-state index is 13.4. The van der Waals surface area contributed by atoms with E-state index in [2.05, 4.69) is 41.7 Å². The van der Waals surface area contributed by atoms with Crippen molar-refractivity contribution in [1.82, 2.24) is 0 Å². The molecule has 4 N–H and O–H groups in total. The number of azo groups is 2. The number of Topliss-reactive ketones (excluding diaryl/α,β-unsaturated/α-hetero) is 2. The molecule has 5 aromatic carbocycles. The SMILES string of the molecule is COc1cccc(CCl)c1NC(=O)c1cc(Cl)cc(N=NC(C(C)=O)C(=O)Nc2ccc(NC(=O)C(N=Nc3cc(Cl)cc(C(=O)Nc4c(CCl)cccc4OC)c3)C(C)=O)c(CCl)c2)c1. The number of halogens is 5. The van der Waals surface area contributed by atoms with E-state index in [4.69, 9.17) is 67.5 Å². The monoisotopic (exact) mass is 994 g/mol. The number of nitrogens with one attached hydrogen (secondary N) is 4. The summed E-state index contributed by atoms with van der Waals surface area (Å²) in [6, 6.07) is 19.6. The Balaban J connectivity index is 1.27. The van der Waals surface area contributed by atoms with Crippen molar-refractivity contribution in [3.63, 3.8) is 0 Å². The Bertz CT molecular complexity index is 2710. The third-order valence-electron chi connectivity index (χ3n) is 9.34. The molecule has 0 spiro atoms. The molecule has 0 fully saturated rings. The Morgan fingerprint density at radius 3 is 1.39 bits per heavy atom. The largest absolute Gasteiger partial charge is 0.495 e. The van der Waals surface area contributed by atoms with Crippen LogP contribution in [0.3, 0.4) is 0 Å². The predicted octanol–water partition coefficient (Wildman–Crippen LogP) is 11.1. The molecule has 66 heavy (non-hydrogen) atoms. The maximum absolute atomic E-state index is 13.4. The normalized spacial score (nSPS) is 12.0. The molecule has 0 aliphatic rings. The van der Waals surface area contributed by atoms with Crippen LogP contribution in [0.5, 0.6) is 11.5 Å². The van der Waals surface area contributed by atoms with E-state index >= 15 is 0 Å². The number of hydrogen-bond donors (Lipinski definition) is 4. The van der Waals surface area contributed by atoms with Crippen LogP contribution >= 0.6 is 58.0 Å². The van der Waals surface area contributed by atoms with Gasteiger partial charge in [0, 0.05) is 50.2 Å². The summed E-state index contributed by atoms with van der Waals surface area (Å²) in [6.45, 7) is 2.30. The number of hydrogen-bond acceptors (Lipinski definition) is 12. The summed E-state index contributed by atoms with van der Waals surface area (Å²) in [5.41, 5.74) is 2.96. The van der Waals surface area contributed by atoms with Gasteiger partial charge in [-0.25, -0.2) is 0 Å². The average molecular weight is 997 g/mol. The molecule has 16 nitrogen and oxygen atoms in total. The van der Waals surface area contributed by atoms with Crippen LogP contribution in [-0.2, 0) is 36.8 Å². The number of rotatable bonds is 19. The highest BCUT2D eigenvalue weighted by molar-refractivity contribution is 6.32. The lowest BCUT2D eigenvalue weighted by molar-refractivity contribution is -0.127. The smallest absolute Gasteiger partial charge is 0.258 e. The van der Waals surface area contributed by atoms with Gasteiger partial charge in [0.25, 0.3) is 23.6 Å². The quantitative estimate of drug-likeness (QED) is 0.0353. The molecule has 0 heterocycles. The number of ether oxygens (including phenoxy) is 2. The molecule has 2 unspecified atom stereocenters. The van der Waals surface area contributed by atoms with E-state index in [1.54, 1.807) is 36.4 Å². The fourth-order valence-electron chi connectivity index (χ4n) is 6.10. The topological polar surface area (TPSA) is 218 Å². The predicted molar refractivity (Wildman–Crippen MR) is 255 cm³/mol. The number of methoxy groups -OCH3 is 2. The summed E-state index contributed by atoms with van der Waals surface area (Å²) in [4.78, 5) is 78.6. The van der Waals surface area contributed by atoms with Crippen molar-refractivity contribution in [3.8, 4) is 11.5 Å². The van der Waals surface area contributed by atoms with Crippen LogP contribution in [0.25, 0.3) is 0 Å². The molecule has 21 heteroatoms. The Morgan fingerprint density at radius 1 is 0.545 bits per heavy atom. The van der Waals surface area contributed by atoms with E-state index in [9.17, 15) is 28.8 Å². The van der Waals surface area contributed by atoms with Gasteiger partial charge < -0.3 is 30.7 Å². The number of nitrogens with zero attached hydrogens (tertiary/aromatic N) is 4. The first-order chi connectivity index (χ1) is 31.6. The van der Waals surface area contributed by atoms with Gasteiger partial charge in [0.1, 0.15) is 11.5 Å². The van der Waals surface area contributed by atoms with Crippen LogP contribution in [0, 0.1) is 0 Å². The molecule has 5 aromatic rings. The summed E-state index contributed by atoms with van der Waals surface area (Å²) >= 11 is 31.0. The fraction of sp³-hybridized carbons (Fsp3) is 0.200. The molecule has 0 bridgehead atoms. The van der Waals surface area contributed by atoms with E-state index in [0.717, 1.165) is 13.8 Å². The molecular formula is C45H39Cl5N8O8. The van der Waals surface area contributed by atoms with Crippen molar-refractivity contribution in [1.29, 1.82) is 0 Å². The number of carbonyl (C=O) groups is 6. The molecule has 5 rings (SSSR count). The minimum absolute atomic E-state index is 0.0701. The van der Waals surface area contributed by atoms with Crippen LogP contribution in [0.15, 0.2) is 111 Å². The van der Waals surface area contributed by atoms with Gasteiger partial charge >= 0.3 is 0 Å². The van der Waals surface area contributed by atoms with Gasteiger partial charge in [0.15, 0.2) is 11.6 Å². The first kappa shape index (κ1) is 50.6. The standard InChI is InChI=1S/C45H39Cl5N8O8/c1-23(59)38(57-55-33-15-27(13-30(49)18-33)42(61)53-40-25(20-46)7-5-9-36(40)65-3)44(63)51-32-11-12-35(29(17-32)22-48)52-45(64)39(24(2)60)58-56-34-16-28(14-31(50)19-34)43(62)54-41-26(21-47)8-6-10-37(41)66-4/h5-19,38-39H,20-22H2,1-4H3,(H,51,63)(H,52,64)(H,53,61)(H,54,62). The van der Waals surface area contributed by atoms with Crippen LogP contribution < -0.4 is 30.7 Å². The first-order valence-electron chi connectivity index (χ1n) is 19.4. The van der Waals surface area contributed by atoms with E-state index in [1.807, 2.05) is 0 Å². The third kappa shape index (κ3) is 13.1. The van der Waals surface area contributed by atoms with Gasteiger partial charge in [-0.1, -0.05) is 47.5 Å². The van der Waals surface area contributed by atoms with Crippen LogP contribution in [0.1, 0.15) is 51.3 Å². The highest BCUT2D eigenvalue weighted by Gasteiger charge is 2.26. The van der Waals surface area contributed by atoms with E-state index in [0.29, 0.717) is 39.6 Å². The first-order valence-corrected chi connectivity index (χ1v) is 21.8. The summed E-state index contributed by atoms with van der Waals surface area (Å²) in [7, 11) is 2.90. The number of alkyl halides is 3. The molecule has 2 atom stereocenters. The lowest BCUT2D eigenvalue weighted by atomic mass is 10.1. The van der Waals surface area contributed by atoms with Crippen molar-refractivity contribution in [2.75, 3.05) is 35.5 Å². The van der Waals surface area contributed by atoms with Gasteiger partial charge in [-0.2, -0.15) is 20.5 Å². The van der Waals surface area contributed by atoms with Gasteiger partial charge in [-0.15, -0.1) is 34.8 Å². The lowest BCUT2D eigenvalue weighted by Gasteiger charge is -2.15. The zero-order valence-electron chi connectivity index (χ0n) is 35.4. The van der Waals surface area contributed by atoms with Crippen LogP contribution in [0.4, 0.5) is 34.1 Å². The molecule has 4 amide bonds. The van der Waals surface area contributed by atoms with Crippen molar-refractivity contribution >= 4 is 127 Å². The zero-order valence-corrected chi connectivity index (χ0v) is 39.2. The number of carbonyl (C=O) groups excluding carboxylic acids is 6. The lowest BCUT2D eigenvalue weighted by Crippen LogP contribution is -2.32. The summed E-state index contributed by atoms with van der Waals surface area (Å²) in [5, 5.41) is 27.0. The van der Waals surface area contributed by atoms with E-state index in [-0.39, 0.29) is 61.6 Å². The highest BCUT2D eigenvalue weighted by Crippen LogP contribution is 2.33. The second kappa shape index (κ2) is 23.7. The number of para-hydroxylation sites is 2. The van der Waals surface area contributed by atoms with Gasteiger partial charge in [0.2, 0.25) is 12.1 Å². The molecule has 0 saturated heterocycles. The Morgan fingerprint density at radius 2 is 0.985 bits per heavy atom. The van der Waals surface area contributed by atoms with Crippen LogP contribution in [0.2, 0.25) is 10.0 Å². The summed E-state index contributed by atoms with van der Waals surface area (Å²) in [5.74, 6) is -3.35. The van der Waals surface area contributed by atoms with Gasteiger partial charge in [-0.05, 0) is 97.3 Å². The van der Waals surface area contributed by atoms with E-state index < -0.39 is 47.3 Å². The van der Waals surface area contributed by atoms with Crippen molar-refractivity contribution in [2.45, 2.75) is 43.6 Å². The maximum Gasteiger partial charge on any atom is 0.258 e. The minimum Gasteiger partial charge on any atom is -0.495 e. The Labute approximate surface area is 403 Å². The molecule has 342 valence electrons. The third-order valence-corrected chi connectivity index (χ3v) is 10.6. The van der Waals surface area contributed by atoms with Gasteiger partial charge in [0.05, 0.1) is 37.0 Å².